The Labute approximate surface area is 112 Å². The molecule has 0 rings (SSSR count). The predicted octanol–water partition coefficient (Wildman–Crippen LogP) is 4.62. The van der Waals surface area contributed by atoms with Crippen LogP contribution in [0.1, 0.15) is 45.4 Å². The summed E-state index contributed by atoms with van der Waals surface area (Å²) in [5.74, 6) is -0.349. The Morgan fingerprint density at radius 2 is 1.83 bits per heavy atom. The number of ether oxygens (including phenoxy) is 1. The van der Waals surface area contributed by atoms with Crippen LogP contribution in [-0.4, -0.2) is 20.5 Å². The van der Waals surface area contributed by atoms with Gasteiger partial charge in [-0.25, -0.2) is 4.79 Å². The third-order valence-corrected chi connectivity index (χ3v) is 4.41. The van der Waals surface area contributed by atoms with Crippen LogP contribution in [0.25, 0.3) is 0 Å². The molecule has 0 saturated carbocycles. The van der Waals surface area contributed by atoms with Gasteiger partial charge in [0.1, 0.15) is 0 Å². The molecule has 0 aliphatic rings. The molecule has 0 aromatic carbocycles. The molecule has 0 bridgehead atoms. The summed E-state index contributed by atoms with van der Waals surface area (Å²) in [5.41, 5.74) is 0. The highest BCUT2D eigenvalue weighted by molar-refractivity contribution is 6.70. The van der Waals surface area contributed by atoms with Crippen molar-refractivity contribution in [3.05, 3.63) is 12.7 Å². The maximum atomic E-state index is 13.3. The highest BCUT2D eigenvalue weighted by Crippen LogP contribution is 2.17. The summed E-state index contributed by atoms with van der Waals surface area (Å²) < 4.78 is 18.4. The van der Waals surface area contributed by atoms with E-state index < -0.39 is 8.41 Å². The van der Waals surface area contributed by atoms with Gasteiger partial charge in [0.15, 0.2) is 0 Å². The Morgan fingerprint density at radius 1 is 1.28 bits per heavy atom. The molecule has 1 unspecified atom stereocenters. The van der Waals surface area contributed by atoms with Gasteiger partial charge in [0.2, 0.25) is 8.41 Å². The van der Waals surface area contributed by atoms with Crippen LogP contribution in [0.15, 0.2) is 12.7 Å². The molecule has 0 N–H and O–H groups in total. The summed E-state index contributed by atoms with van der Waals surface area (Å²) in [5, 5.41) is 0. The van der Waals surface area contributed by atoms with Gasteiger partial charge in [-0.05, 0) is 38.9 Å². The van der Waals surface area contributed by atoms with Gasteiger partial charge in [-0.1, -0.05) is 32.3 Å². The number of rotatable bonds is 10. The zero-order valence-corrected chi connectivity index (χ0v) is 13.0. The zero-order valence-electron chi connectivity index (χ0n) is 12.0. The Bertz CT molecular complexity index is 249. The van der Waals surface area contributed by atoms with Crippen LogP contribution in [0.3, 0.4) is 0 Å². The second-order valence-electron chi connectivity index (χ2n) is 5.48. The lowest BCUT2D eigenvalue weighted by molar-refractivity contribution is -0.142. The van der Waals surface area contributed by atoms with Crippen LogP contribution in [0, 0.1) is 0 Å². The first kappa shape index (κ1) is 17.4. The van der Waals surface area contributed by atoms with Crippen molar-refractivity contribution < 1.29 is 13.6 Å². The first-order valence-electron chi connectivity index (χ1n) is 6.87. The Hall–Kier alpha value is -0.643. The Kier molecular flexibility index (Phi) is 8.98. The van der Waals surface area contributed by atoms with Gasteiger partial charge in [0, 0.05) is 6.08 Å². The molecule has 0 spiro atoms. The molecule has 0 aromatic heterocycles. The minimum absolute atomic E-state index is 0.0346. The quantitative estimate of drug-likeness (QED) is 0.191. The van der Waals surface area contributed by atoms with Gasteiger partial charge >= 0.3 is 5.97 Å². The van der Waals surface area contributed by atoms with E-state index in [0.717, 1.165) is 44.6 Å². The largest absolute Gasteiger partial charge is 0.460 e. The topological polar surface area (TPSA) is 26.3 Å². The molecule has 0 aliphatic carbocycles. The molecule has 4 heteroatoms. The lowest BCUT2D eigenvalue weighted by atomic mass is 10.1. The molecule has 0 amide bonds. The van der Waals surface area contributed by atoms with E-state index in [4.69, 9.17) is 4.74 Å². The van der Waals surface area contributed by atoms with Crippen molar-refractivity contribution in [3.63, 3.8) is 0 Å². The lowest BCUT2D eigenvalue weighted by Gasteiger charge is -2.12. The number of unbranched alkanes of at least 4 members (excludes halogenated alkanes) is 4. The molecular formula is C14H27FO2Si. The second kappa shape index (κ2) is 9.31. The first-order valence-corrected chi connectivity index (χ1v) is 9.95. The zero-order chi connectivity index (χ0) is 14.0. The van der Waals surface area contributed by atoms with Crippen molar-refractivity contribution in [1.82, 2.24) is 0 Å². The predicted molar refractivity (Wildman–Crippen MR) is 76.9 cm³/mol. The third-order valence-electron chi connectivity index (χ3n) is 2.87. The van der Waals surface area contributed by atoms with Gasteiger partial charge in [-0.3, -0.25) is 0 Å². The Morgan fingerprint density at radius 3 is 2.39 bits per heavy atom. The molecule has 0 fully saturated rings. The first-order chi connectivity index (χ1) is 8.35. The van der Waals surface area contributed by atoms with Crippen molar-refractivity contribution >= 4 is 14.4 Å². The molecule has 0 aromatic rings. The van der Waals surface area contributed by atoms with E-state index in [1.54, 1.807) is 13.1 Å². The van der Waals surface area contributed by atoms with Gasteiger partial charge in [-0.15, -0.1) is 0 Å². The molecule has 0 saturated heterocycles. The number of carbonyl (C=O) groups is 1. The molecular weight excluding hydrogens is 247 g/mol. The van der Waals surface area contributed by atoms with E-state index >= 15 is 0 Å². The summed E-state index contributed by atoms with van der Waals surface area (Å²) in [7, 11) is -2.33. The van der Waals surface area contributed by atoms with Gasteiger partial charge < -0.3 is 8.84 Å². The highest BCUT2D eigenvalue weighted by atomic mass is 28.4. The van der Waals surface area contributed by atoms with Crippen LogP contribution < -0.4 is 0 Å². The number of halogens is 1. The van der Waals surface area contributed by atoms with Crippen molar-refractivity contribution in [3.8, 4) is 0 Å². The van der Waals surface area contributed by atoms with E-state index in [9.17, 15) is 8.90 Å². The van der Waals surface area contributed by atoms with E-state index in [-0.39, 0.29) is 12.1 Å². The SMILES string of the molecule is C=CC(=O)OC(C)CCCCCCC[Si](C)(C)F. The second-order valence-corrected chi connectivity index (χ2v) is 9.41. The van der Waals surface area contributed by atoms with Crippen LogP contribution in [-0.2, 0) is 9.53 Å². The molecule has 1 atom stereocenters. The normalized spacial score (nSPS) is 13.1. The standard InChI is InChI=1S/C14H27FO2Si/c1-5-14(16)17-13(2)11-9-7-6-8-10-12-18(3,4)15/h5,13H,1,6-12H2,2-4H3. The molecule has 0 aliphatic heterocycles. The van der Waals surface area contributed by atoms with Crippen molar-refractivity contribution in [2.24, 2.45) is 0 Å². The van der Waals surface area contributed by atoms with Crippen molar-refractivity contribution in [2.75, 3.05) is 0 Å². The average molecular weight is 274 g/mol. The number of hydrogen-bond acceptors (Lipinski definition) is 2. The van der Waals surface area contributed by atoms with E-state index in [1.807, 2.05) is 6.92 Å². The fourth-order valence-corrected chi connectivity index (χ4v) is 2.90. The fraction of sp³-hybridized carbons (Fsp3) is 0.786. The number of esters is 1. The van der Waals surface area contributed by atoms with Gasteiger partial charge in [0.25, 0.3) is 0 Å². The molecule has 18 heavy (non-hydrogen) atoms. The molecule has 0 heterocycles. The van der Waals surface area contributed by atoms with Gasteiger partial charge in [-0.2, -0.15) is 0 Å². The summed E-state index contributed by atoms with van der Waals surface area (Å²) in [6.07, 6.45) is 7.51. The summed E-state index contributed by atoms with van der Waals surface area (Å²) in [4.78, 5) is 10.9. The summed E-state index contributed by atoms with van der Waals surface area (Å²) >= 11 is 0. The average Bonchev–Trinajstić information content (AvgIpc) is 2.26. The molecule has 106 valence electrons. The van der Waals surface area contributed by atoms with Crippen molar-refractivity contribution in [1.29, 1.82) is 0 Å². The van der Waals surface area contributed by atoms with E-state index in [1.165, 1.54) is 6.08 Å². The van der Waals surface area contributed by atoms with Crippen LogP contribution >= 0.6 is 0 Å². The molecule has 2 nitrogen and oxygen atoms in total. The fourth-order valence-electron chi connectivity index (χ4n) is 1.81. The monoisotopic (exact) mass is 274 g/mol. The number of hydrogen-bond donors (Lipinski definition) is 0. The molecule has 0 radical (unpaired) electrons. The lowest BCUT2D eigenvalue weighted by Crippen LogP contribution is -2.16. The van der Waals surface area contributed by atoms with E-state index in [2.05, 4.69) is 6.58 Å². The van der Waals surface area contributed by atoms with Crippen LogP contribution in [0.4, 0.5) is 4.11 Å². The smallest absolute Gasteiger partial charge is 0.330 e. The highest BCUT2D eigenvalue weighted by Gasteiger charge is 2.18. The summed E-state index contributed by atoms with van der Waals surface area (Å²) in [6, 6.07) is 0.778. The third kappa shape index (κ3) is 11.8. The van der Waals surface area contributed by atoms with Crippen LogP contribution in [0.2, 0.25) is 19.1 Å². The summed E-state index contributed by atoms with van der Waals surface area (Å²) in [6.45, 7) is 8.80. The number of carbonyl (C=O) groups excluding carboxylic acids is 1. The maximum Gasteiger partial charge on any atom is 0.330 e. The minimum Gasteiger partial charge on any atom is -0.460 e. The maximum absolute atomic E-state index is 13.3. The van der Waals surface area contributed by atoms with Crippen LogP contribution in [0.5, 0.6) is 0 Å². The van der Waals surface area contributed by atoms with Crippen molar-refractivity contribution in [2.45, 2.75) is 70.7 Å². The Balaban J connectivity index is 3.35. The minimum atomic E-state index is -2.33. The van der Waals surface area contributed by atoms with Gasteiger partial charge in [0.05, 0.1) is 6.10 Å². The van der Waals surface area contributed by atoms with E-state index in [0.29, 0.717) is 0 Å².